The van der Waals surface area contributed by atoms with Gasteiger partial charge < -0.3 is 45.6 Å². The van der Waals surface area contributed by atoms with Crippen molar-refractivity contribution in [1.29, 1.82) is 0 Å². The summed E-state index contributed by atoms with van der Waals surface area (Å²) < 4.78 is 32.5. The molecule has 0 aromatic rings. The van der Waals surface area contributed by atoms with Crippen molar-refractivity contribution < 1.29 is 76.2 Å². The first-order chi connectivity index (χ1) is 30.4. The molecule has 0 rings (SSSR count). The summed E-state index contributed by atoms with van der Waals surface area (Å²) in [5.41, 5.74) is 0. The molecule has 0 radical (unpaired) electrons. The van der Waals surface area contributed by atoms with E-state index in [2.05, 4.69) is 40.3 Å². The Morgan fingerprint density at radius 3 is 1.77 bits per heavy atom. The van der Waals surface area contributed by atoms with E-state index in [4.69, 9.17) is 23.6 Å². The number of allylic oxidation sites excluding steroid dienone is 2. The SMILES string of the molecule is CCCCCCCC/C=C/CCCCCCCC(=O)OC(COC(C)=O)COP(=O)(O)OCCNC(=O)CCCCC(=O)NCC(=O)NCC(=O)N(CC(=O)O)CC(=O)NCC(C)=O. The molecule has 21 nitrogen and oxygen atoms in total. The number of carbonyl (C=O) groups excluding carboxylic acids is 8. The Labute approximate surface area is 376 Å². The number of carboxylic acids is 1. The molecule has 2 atom stereocenters. The molecule has 0 aliphatic heterocycles. The number of nitrogens with one attached hydrogen (secondary N) is 4. The average molecular weight is 934 g/mol. The molecule has 366 valence electrons. The van der Waals surface area contributed by atoms with Crippen molar-refractivity contribution in [2.45, 2.75) is 142 Å². The number of hydrogen-bond donors (Lipinski definition) is 6. The first-order valence-corrected chi connectivity index (χ1v) is 23.6. The fraction of sp³-hybridized carbons (Fsp3) is 0.738. The minimum absolute atomic E-state index is 0.00295. The number of amides is 5. The molecule has 5 amide bonds. The Balaban J connectivity index is 4.30. The van der Waals surface area contributed by atoms with Crippen LogP contribution in [0.2, 0.25) is 0 Å². The Morgan fingerprint density at radius 2 is 1.17 bits per heavy atom. The van der Waals surface area contributed by atoms with Crippen molar-refractivity contribution in [2.24, 2.45) is 0 Å². The average Bonchev–Trinajstić information content (AvgIpc) is 3.23. The van der Waals surface area contributed by atoms with Crippen LogP contribution in [0.1, 0.15) is 136 Å². The summed E-state index contributed by atoms with van der Waals surface area (Å²) in [5, 5.41) is 18.3. The molecule has 0 aromatic carbocycles. The van der Waals surface area contributed by atoms with E-state index in [0.717, 1.165) is 45.4 Å². The van der Waals surface area contributed by atoms with Gasteiger partial charge in [-0.2, -0.15) is 0 Å². The van der Waals surface area contributed by atoms with Gasteiger partial charge in [0.2, 0.25) is 29.5 Å². The number of aliphatic carboxylic acids is 1. The summed E-state index contributed by atoms with van der Waals surface area (Å²) in [6, 6.07) is 0. The van der Waals surface area contributed by atoms with Gasteiger partial charge in [-0.3, -0.25) is 52.2 Å². The first-order valence-electron chi connectivity index (χ1n) is 22.1. The van der Waals surface area contributed by atoms with E-state index in [1.807, 2.05) is 0 Å². The van der Waals surface area contributed by atoms with Crippen molar-refractivity contribution in [2.75, 3.05) is 59.1 Å². The van der Waals surface area contributed by atoms with E-state index in [9.17, 15) is 52.6 Å². The fourth-order valence-corrected chi connectivity index (χ4v) is 6.35. The predicted octanol–water partition coefficient (Wildman–Crippen LogP) is 3.16. The number of phosphoric ester groups is 1. The van der Waals surface area contributed by atoms with Gasteiger partial charge >= 0.3 is 25.7 Å². The van der Waals surface area contributed by atoms with Crippen LogP contribution in [0.15, 0.2) is 12.2 Å². The molecular weight excluding hydrogens is 861 g/mol. The van der Waals surface area contributed by atoms with Gasteiger partial charge in [-0.25, -0.2) is 4.57 Å². The molecule has 0 saturated carbocycles. The van der Waals surface area contributed by atoms with Crippen LogP contribution in [0.3, 0.4) is 0 Å². The van der Waals surface area contributed by atoms with Gasteiger partial charge in [-0.05, 0) is 51.9 Å². The maximum atomic E-state index is 12.4. The number of ether oxygens (including phenoxy) is 2. The number of ketones is 1. The first kappa shape index (κ1) is 59.3. The van der Waals surface area contributed by atoms with Crippen molar-refractivity contribution >= 4 is 61.0 Å². The van der Waals surface area contributed by atoms with Crippen LogP contribution < -0.4 is 21.3 Å². The molecule has 0 aromatic heterocycles. The van der Waals surface area contributed by atoms with Crippen LogP contribution in [-0.2, 0) is 66.2 Å². The Morgan fingerprint density at radius 1 is 0.625 bits per heavy atom. The lowest BCUT2D eigenvalue weighted by atomic mass is 10.1. The standard InChI is InChI=1S/C42H72N5O16P/c1-4-5-6-7-8-9-10-11-12-13-14-15-16-17-18-23-42(57)63-35(31-60-34(3)49)32-62-64(58,59)61-25-24-43-36(50)21-19-20-22-37(51)45-27-38(52)46-28-40(54)47(30-41(55)56)29-39(53)44-26-33(2)48/h11-12,35H,4-10,13-32H2,1-3H3,(H,43,50)(H,44,53)(H,45,51)(H,46,52)(H,55,56)(H,58,59)/b12-11+. The number of phosphoric acid groups is 1. The molecule has 22 heteroatoms. The zero-order valence-electron chi connectivity index (χ0n) is 37.8. The smallest absolute Gasteiger partial charge is 0.472 e. The van der Waals surface area contributed by atoms with Gasteiger partial charge in [-0.15, -0.1) is 0 Å². The largest absolute Gasteiger partial charge is 0.480 e. The Hall–Kier alpha value is -4.72. The Kier molecular flexibility index (Phi) is 34.9. The number of unbranched alkanes of at least 4 members (excludes halogenated alkanes) is 12. The van der Waals surface area contributed by atoms with E-state index in [-0.39, 0.29) is 51.0 Å². The van der Waals surface area contributed by atoms with E-state index in [1.54, 1.807) is 0 Å². The third-order valence-electron chi connectivity index (χ3n) is 9.00. The van der Waals surface area contributed by atoms with Gasteiger partial charge in [0.1, 0.15) is 25.5 Å². The lowest BCUT2D eigenvalue weighted by Gasteiger charge is -2.20. The van der Waals surface area contributed by atoms with Crippen LogP contribution in [0.25, 0.3) is 0 Å². The highest BCUT2D eigenvalue weighted by Crippen LogP contribution is 2.43. The van der Waals surface area contributed by atoms with Gasteiger partial charge in [-0.1, -0.05) is 70.4 Å². The molecule has 0 aliphatic rings. The second-order valence-electron chi connectivity index (χ2n) is 15.1. The van der Waals surface area contributed by atoms with Crippen molar-refractivity contribution in [3.8, 4) is 0 Å². The normalized spacial score (nSPS) is 12.4. The number of carbonyl (C=O) groups is 9. The molecule has 2 unspecified atom stereocenters. The molecular formula is C42H72N5O16P. The zero-order valence-corrected chi connectivity index (χ0v) is 38.7. The quantitative estimate of drug-likeness (QED) is 0.0223. The molecule has 0 heterocycles. The van der Waals surface area contributed by atoms with Crippen LogP contribution in [0.4, 0.5) is 0 Å². The highest BCUT2D eigenvalue weighted by atomic mass is 31.2. The lowest BCUT2D eigenvalue weighted by molar-refractivity contribution is -0.160. The number of Topliss-reactive ketones (excluding diaryl/α,β-unsaturated/α-hetero) is 1. The molecule has 0 bridgehead atoms. The monoisotopic (exact) mass is 933 g/mol. The summed E-state index contributed by atoms with van der Waals surface area (Å²) >= 11 is 0. The van der Waals surface area contributed by atoms with Gasteiger partial charge in [0.15, 0.2) is 6.10 Å². The second kappa shape index (κ2) is 37.6. The number of carboxylic acid groups (broad SMARTS) is 1. The van der Waals surface area contributed by atoms with Gasteiger partial charge in [0.05, 0.1) is 32.8 Å². The third-order valence-corrected chi connectivity index (χ3v) is 9.99. The summed E-state index contributed by atoms with van der Waals surface area (Å²) in [5.74, 6) is -6.34. The minimum Gasteiger partial charge on any atom is -0.480 e. The van der Waals surface area contributed by atoms with Crippen molar-refractivity contribution in [1.82, 2.24) is 26.2 Å². The molecule has 64 heavy (non-hydrogen) atoms. The summed E-state index contributed by atoms with van der Waals surface area (Å²) in [4.78, 5) is 117. The predicted molar refractivity (Wildman–Crippen MR) is 233 cm³/mol. The maximum absolute atomic E-state index is 12.4. The van der Waals surface area contributed by atoms with Crippen LogP contribution in [0, 0.1) is 0 Å². The van der Waals surface area contributed by atoms with Crippen LogP contribution in [-0.4, -0.2) is 133 Å². The maximum Gasteiger partial charge on any atom is 0.472 e. The summed E-state index contributed by atoms with van der Waals surface area (Å²) in [7, 11) is -4.66. The number of hydrogen-bond acceptors (Lipinski definition) is 14. The highest BCUT2D eigenvalue weighted by Gasteiger charge is 2.26. The van der Waals surface area contributed by atoms with Crippen molar-refractivity contribution in [3.05, 3.63) is 12.2 Å². The molecule has 0 spiro atoms. The van der Waals surface area contributed by atoms with Crippen LogP contribution >= 0.6 is 7.82 Å². The van der Waals surface area contributed by atoms with Gasteiger partial charge in [0, 0.05) is 32.7 Å². The molecule has 0 saturated heterocycles. The molecule has 0 aliphatic carbocycles. The third kappa shape index (κ3) is 37.8. The van der Waals surface area contributed by atoms with E-state index in [1.165, 1.54) is 45.4 Å². The zero-order chi connectivity index (χ0) is 48.0. The molecule has 0 fully saturated rings. The summed E-state index contributed by atoms with van der Waals surface area (Å²) in [6.45, 7) is 0.112. The number of rotatable bonds is 40. The lowest BCUT2D eigenvalue weighted by Crippen LogP contribution is -2.48. The van der Waals surface area contributed by atoms with E-state index < -0.39 is 107 Å². The van der Waals surface area contributed by atoms with Gasteiger partial charge in [0.25, 0.3) is 0 Å². The van der Waals surface area contributed by atoms with Crippen LogP contribution in [0.5, 0.6) is 0 Å². The highest BCUT2D eigenvalue weighted by molar-refractivity contribution is 7.47. The number of esters is 2. The molecule has 6 N–H and O–H groups in total. The second-order valence-corrected chi connectivity index (χ2v) is 16.5. The topological polar surface area (TPSA) is 299 Å². The van der Waals surface area contributed by atoms with E-state index >= 15 is 0 Å². The fourth-order valence-electron chi connectivity index (χ4n) is 5.60. The minimum atomic E-state index is -4.66. The number of nitrogens with zero attached hydrogens (tertiary/aromatic N) is 1. The van der Waals surface area contributed by atoms with Crippen molar-refractivity contribution in [3.63, 3.8) is 0 Å². The van der Waals surface area contributed by atoms with E-state index in [0.29, 0.717) is 11.3 Å². The Bertz CT molecular complexity index is 1530. The summed E-state index contributed by atoms with van der Waals surface area (Å²) in [6.07, 6.45) is 18.4.